The van der Waals surface area contributed by atoms with E-state index in [4.69, 9.17) is 4.98 Å². The average molecular weight is 653 g/mol. The molecule has 2 nitrogen and oxygen atoms in total. The second kappa shape index (κ2) is 11.5. The molecule has 0 radical (unpaired) electrons. The number of hydrogen-bond acceptors (Lipinski definition) is 1. The van der Waals surface area contributed by atoms with Gasteiger partial charge in [0.2, 0.25) is 0 Å². The second-order valence-corrected chi connectivity index (χ2v) is 16.8. The minimum absolute atomic E-state index is 0.252. The number of fused-ring (bicyclic) bond motifs is 2. The van der Waals surface area contributed by atoms with E-state index in [0.29, 0.717) is 0 Å². The van der Waals surface area contributed by atoms with Crippen LogP contribution in [0.1, 0.15) is 22.3 Å². The number of nitrogens with one attached hydrogen (secondary N) is 1. The summed E-state index contributed by atoms with van der Waals surface area (Å²) in [5.74, 6) is -0.505. The number of hydrogen-bond donors (Lipinski definition) is 1. The number of nitrogens with zero attached hydrogens (tertiary/aromatic N) is 1. The van der Waals surface area contributed by atoms with Crippen molar-refractivity contribution in [3.8, 4) is 10.6 Å². The minimum atomic E-state index is -1.15. The molecule has 0 fully saturated rings. The molecule has 2 atom stereocenters. The highest BCUT2D eigenvalue weighted by Crippen LogP contribution is 2.54. The van der Waals surface area contributed by atoms with Gasteiger partial charge in [0, 0.05) is 31.2 Å². The lowest BCUT2D eigenvalue weighted by molar-refractivity contribution is 0.628. The van der Waals surface area contributed by atoms with Gasteiger partial charge in [-0.05, 0) is 153 Å². The number of pyridine rings is 1. The largest absolute Gasteiger partial charge is 0.354 e. The third-order valence-corrected chi connectivity index (χ3v) is 13.7. The summed E-state index contributed by atoms with van der Waals surface area (Å²) in [7, 11) is -2.30. The first-order valence-corrected chi connectivity index (χ1v) is 18.4. The van der Waals surface area contributed by atoms with Crippen LogP contribution >= 0.6 is 15.1 Å². The molecule has 0 saturated heterocycles. The number of aromatic nitrogens is 2. The van der Waals surface area contributed by atoms with Gasteiger partial charge in [0.05, 0.1) is 22.1 Å². The highest BCUT2D eigenvalue weighted by atomic mass is 31.1. The van der Waals surface area contributed by atoms with E-state index in [2.05, 4.69) is 99.4 Å². The molecule has 2 heterocycles. The van der Waals surface area contributed by atoms with Crippen molar-refractivity contribution in [3.63, 3.8) is 0 Å². The SMILES string of the molecule is Cc1ccc2[nH]c3ccc(C)cc3p(-c3ccc(F)cc3)c3cc(C)cc4cc5cc(C)cc(c5nc43)p(-c3ccc(F)cc3)c2c1. The van der Waals surface area contributed by atoms with E-state index in [1.165, 1.54) is 0 Å². The molecule has 0 saturated carbocycles. The van der Waals surface area contributed by atoms with Crippen LogP contribution in [0.15, 0.2) is 115 Å². The van der Waals surface area contributed by atoms with Crippen molar-refractivity contribution in [3.05, 3.63) is 149 Å². The Bertz CT molecular complexity index is 2450. The molecular formula is C41H32F2N2P2. The van der Waals surface area contributed by atoms with Crippen LogP contribution in [0.4, 0.5) is 8.78 Å². The van der Waals surface area contributed by atoms with Crippen molar-refractivity contribution in [2.45, 2.75) is 27.7 Å². The standard InChI is InChI=1S/C41H32F2N2P2/c1-24-5-15-34-36(19-24)46(32-11-7-30(42)8-12-32)38-21-26(3)17-28-23-29-18-27(4)22-39(41(29)45-40(28)38)47(33-13-9-31(43)10-14-33)37-20-25(2)6-16-35(37)44-34/h5-23,44H,1-4H3. The monoisotopic (exact) mass is 652 g/mol. The van der Waals surface area contributed by atoms with Crippen LogP contribution in [0.25, 0.3) is 63.9 Å². The van der Waals surface area contributed by atoms with Crippen LogP contribution in [0.5, 0.6) is 0 Å². The zero-order valence-corrected chi connectivity index (χ0v) is 28.4. The molecular weight excluding hydrogens is 620 g/mol. The normalized spacial score (nSPS) is 12.4. The topological polar surface area (TPSA) is 28.7 Å². The summed E-state index contributed by atoms with van der Waals surface area (Å²) in [4.78, 5) is 9.50. The maximum absolute atomic E-state index is 14.4. The maximum atomic E-state index is 14.4. The van der Waals surface area contributed by atoms with E-state index in [-0.39, 0.29) is 11.6 Å². The molecule has 0 aliphatic heterocycles. The smallest absolute Gasteiger partial charge is 0.123 e. The van der Waals surface area contributed by atoms with Crippen LogP contribution in [-0.4, -0.2) is 9.97 Å². The van der Waals surface area contributed by atoms with Gasteiger partial charge in [0.25, 0.3) is 0 Å². The van der Waals surface area contributed by atoms with Gasteiger partial charge in [0.15, 0.2) is 0 Å². The van der Waals surface area contributed by atoms with Crippen LogP contribution in [0.3, 0.4) is 0 Å². The Balaban J connectivity index is 1.76. The number of H-pyrrole nitrogens is 1. The third-order valence-electron chi connectivity index (χ3n) is 8.77. The Hall–Kier alpha value is -4.75. The third kappa shape index (κ3) is 5.32. The minimum Gasteiger partial charge on any atom is -0.354 e. The molecule has 2 bridgehead atoms. The van der Waals surface area contributed by atoms with Gasteiger partial charge in [0.1, 0.15) is 11.6 Å². The predicted molar refractivity (Wildman–Crippen MR) is 200 cm³/mol. The van der Waals surface area contributed by atoms with Gasteiger partial charge in [-0.15, -0.1) is 0 Å². The Labute approximate surface area is 273 Å². The van der Waals surface area contributed by atoms with Crippen molar-refractivity contribution >= 4 is 68.4 Å². The van der Waals surface area contributed by atoms with Crippen molar-refractivity contribution in [2.24, 2.45) is 0 Å². The van der Waals surface area contributed by atoms with Crippen molar-refractivity contribution < 1.29 is 8.78 Å². The Morgan fingerprint density at radius 2 is 0.851 bits per heavy atom. The van der Waals surface area contributed by atoms with E-state index in [1.807, 2.05) is 24.3 Å². The molecule has 2 unspecified atom stereocenters. The average Bonchev–Trinajstić information content (AvgIpc) is 3.04. The van der Waals surface area contributed by atoms with Crippen LogP contribution in [0, 0.1) is 39.3 Å². The molecule has 0 spiro atoms. The number of benzene rings is 6. The second-order valence-electron chi connectivity index (χ2n) is 12.5. The Morgan fingerprint density at radius 1 is 0.447 bits per heavy atom. The van der Waals surface area contributed by atoms with Gasteiger partial charge in [-0.2, -0.15) is 0 Å². The van der Waals surface area contributed by atoms with Gasteiger partial charge >= 0.3 is 0 Å². The van der Waals surface area contributed by atoms with Crippen LogP contribution in [-0.2, 0) is 0 Å². The fraction of sp³-hybridized carbons (Fsp3) is 0.0976. The lowest BCUT2D eigenvalue weighted by Gasteiger charge is -2.16. The molecule has 2 aromatic heterocycles. The lowest BCUT2D eigenvalue weighted by Crippen LogP contribution is -1.89. The molecule has 0 aliphatic rings. The predicted octanol–water partition coefficient (Wildman–Crippen LogP) is 13.3. The summed E-state index contributed by atoms with van der Waals surface area (Å²) in [6.07, 6.45) is 0. The van der Waals surface area contributed by atoms with Crippen molar-refractivity contribution in [2.75, 3.05) is 0 Å². The molecule has 1 N–H and O–H groups in total. The van der Waals surface area contributed by atoms with Gasteiger partial charge < -0.3 is 4.98 Å². The molecule has 0 amide bonds. The number of halogens is 2. The number of aryl methyl sites for hydroxylation is 4. The fourth-order valence-electron chi connectivity index (χ4n) is 6.66. The van der Waals surface area contributed by atoms with E-state index in [9.17, 15) is 8.78 Å². The van der Waals surface area contributed by atoms with Crippen molar-refractivity contribution in [1.82, 2.24) is 9.97 Å². The molecule has 230 valence electrons. The molecule has 0 aliphatic carbocycles. The van der Waals surface area contributed by atoms with E-state index in [0.717, 1.165) is 86.2 Å². The van der Waals surface area contributed by atoms with Gasteiger partial charge in [-0.3, -0.25) is 0 Å². The van der Waals surface area contributed by atoms with Crippen LogP contribution < -0.4 is 0 Å². The summed E-state index contributed by atoms with van der Waals surface area (Å²) >= 11 is 0. The Kier molecular flexibility index (Phi) is 7.25. The highest BCUT2D eigenvalue weighted by Gasteiger charge is 2.16. The summed E-state index contributed by atoms with van der Waals surface area (Å²) in [5.41, 5.74) is 8.53. The van der Waals surface area contributed by atoms with E-state index >= 15 is 0 Å². The van der Waals surface area contributed by atoms with Gasteiger partial charge in [-0.1, -0.05) is 38.3 Å². The Morgan fingerprint density at radius 3 is 1.28 bits per heavy atom. The summed E-state index contributed by atoms with van der Waals surface area (Å²) in [5, 5.41) is 8.87. The molecule has 47 heavy (non-hydrogen) atoms. The zero-order valence-electron chi connectivity index (χ0n) is 26.6. The van der Waals surface area contributed by atoms with E-state index < -0.39 is 15.1 Å². The zero-order chi connectivity index (χ0) is 32.4. The van der Waals surface area contributed by atoms with E-state index in [1.54, 1.807) is 24.3 Å². The molecule has 6 heteroatoms. The highest BCUT2D eigenvalue weighted by molar-refractivity contribution is 7.67. The van der Waals surface area contributed by atoms with Gasteiger partial charge in [-0.25, -0.2) is 13.8 Å². The van der Waals surface area contributed by atoms with Crippen LogP contribution in [0.2, 0.25) is 0 Å². The fourth-order valence-corrected chi connectivity index (χ4v) is 12.0. The first kappa shape index (κ1) is 29.6. The summed E-state index contributed by atoms with van der Waals surface area (Å²) in [6, 6.07) is 38.3. The van der Waals surface area contributed by atoms with Crippen molar-refractivity contribution in [1.29, 1.82) is 0 Å². The molecule has 6 aromatic carbocycles. The molecule has 8 aromatic rings. The number of rotatable bonds is 2. The maximum Gasteiger partial charge on any atom is 0.123 e. The lowest BCUT2D eigenvalue weighted by atomic mass is 10.1. The molecule has 8 rings (SSSR count). The number of aromatic amines is 1. The quantitative estimate of drug-likeness (QED) is 0.185. The first-order valence-electron chi connectivity index (χ1n) is 15.7. The summed E-state index contributed by atoms with van der Waals surface area (Å²) < 4.78 is 28.7. The first-order chi connectivity index (χ1) is 22.7. The summed E-state index contributed by atoms with van der Waals surface area (Å²) in [6.45, 7) is 8.51.